The van der Waals surface area contributed by atoms with E-state index in [0.29, 0.717) is 11.6 Å². The molecule has 2 aromatic rings. The van der Waals surface area contributed by atoms with Gasteiger partial charge < -0.3 is 9.64 Å². The van der Waals surface area contributed by atoms with Crippen molar-refractivity contribution in [3.63, 3.8) is 0 Å². The van der Waals surface area contributed by atoms with Crippen LogP contribution in [0.2, 0.25) is 0 Å². The van der Waals surface area contributed by atoms with E-state index in [1.165, 1.54) is 12.0 Å². The topological polar surface area (TPSA) is 45.7 Å². The highest BCUT2D eigenvalue weighted by Gasteiger charge is 2.37. The molecule has 3 aliphatic rings. The first-order valence-electron chi connectivity index (χ1n) is 9.30. The van der Waals surface area contributed by atoms with Crippen LogP contribution in [-0.2, 0) is 6.54 Å². The molecule has 0 aliphatic carbocycles. The summed E-state index contributed by atoms with van der Waals surface area (Å²) >= 11 is 0. The van der Waals surface area contributed by atoms with Crippen LogP contribution in [-0.4, -0.2) is 53.5 Å². The minimum absolute atomic E-state index is 0.0756. The number of ether oxygens (including phenoxy) is 1. The summed E-state index contributed by atoms with van der Waals surface area (Å²) in [5, 5.41) is 0. The molecule has 5 nitrogen and oxygen atoms in total. The molecule has 2 atom stereocenters. The number of nitrogens with zero attached hydrogens (tertiary/aromatic N) is 3. The molecule has 136 valence electrons. The van der Waals surface area contributed by atoms with Gasteiger partial charge in [0.2, 0.25) is 0 Å². The molecule has 3 aliphatic heterocycles. The summed E-state index contributed by atoms with van der Waals surface area (Å²) in [6.07, 6.45) is 3.98. The van der Waals surface area contributed by atoms with Gasteiger partial charge in [0.15, 0.2) is 0 Å². The number of pyridine rings is 1. The number of carbonyl (C=O) groups excluding carboxylic acids is 1. The van der Waals surface area contributed by atoms with E-state index in [-0.39, 0.29) is 11.9 Å². The lowest BCUT2D eigenvalue weighted by Gasteiger charge is -2.36. The van der Waals surface area contributed by atoms with Crippen molar-refractivity contribution in [1.82, 2.24) is 14.8 Å². The number of hydrogen-bond acceptors (Lipinski definition) is 4. The predicted molar refractivity (Wildman–Crippen MR) is 100 cm³/mol. The third-order valence-corrected chi connectivity index (χ3v) is 5.50. The van der Waals surface area contributed by atoms with E-state index in [2.05, 4.69) is 26.9 Å². The highest BCUT2D eigenvalue weighted by molar-refractivity contribution is 5.92. The molecule has 1 aromatic carbocycles. The maximum Gasteiger partial charge on any atom is 0.272 e. The van der Waals surface area contributed by atoms with E-state index in [0.717, 1.165) is 38.3 Å². The number of hydrogen-bond donors (Lipinski definition) is 0. The molecule has 1 aromatic heterocycles. The maximum atomic E-state index is 12.9. The fraction of sp³-hybridized carbons (Fsp3) is 0.429. The monoisotopic (exact) mass is 351 g/mol. The smallest absolute Gasteiger partial charge is 0.272 e. The Hall–Kier alpha value is -2.40. The summed E-state index contributed by atoms with van der Waals surface area (Å²) in [4.78, 5) is 21.7. The molecule has 0 saturated carbocycles. The number of amides is 1. The van der Waals surface area contributed by atoms with Crippen molar-refractivity contribution in [1.29, 1.82) is 0 Å². The van der Waals surface area contributed by atoms with Crippen LogP contribution in [0.25, 0.3) is 0 Å². The van der Waals surface area contributed by atoms with Crippen LogP contribution in [0.3, 0.4) is 0 Å². The number of aromatic nitrogens is 1. The van der Waals surface area contributed by atoms with Gasteiger partial charge in [0.05, 0.1) is 7.11 Å². The van der Waals surface area contributed by atoms with Crippen LogP contribution >= 0.6 is 0 Å². The fourth-order valence-corrected chi connectivity index (χ4v) is 4.18. The molecule has 0 unspecified atom stereocenters. The molecule has 3 fully saturated rings. The zero-order valence-electron chi connectivity index (χ0n) is 15.2. The van der Waals surface area contributed by atoms with E-state index in [1.807, 2.05) is 30.3 Å². The Kier molecular flexibility index (Phi) is 4.89. The molecule has 5 heteroatoms. The highest BCUT2D eigenvalue weighted by Crippen LogP contribution is 2.30. The highest BCUT2D eigenvalue weighted by atomic mass is 16.5. The first-order chi connectivity index (χ1) is 12.7. The van der Waals surface area contributed by atoms with Crippen molar-refractivity contribution in [2.75, 3.05) is 26.7 Å². The molecular weight excluding hydrogens is 326 g/mol. The van der Waals surface area contributed by atoms with Gasteiger partial charge >= 0.3 is 0 Å². The van der Waals surface area contributed by atoms with E-state index >= 15 is 0 Å². The normalized spacial score (nSPS) is 22.9. The summed E-state index contributed by atoms with van der Waals surface area (Å²) in [5.74, 6) is 1.50. The number of benzene rings is 1. The Bertz CT molecular complexity index is 748. The lowest BCUT2D eigenvalue weighted by Crippen LogP contribution is -2.47. The van der Waals surface area contributed by atoms with Gasteiger partial charge in [0.1, 0.15) is 11.4 Å². The third-order valence-electron chi connectivity index (χ3n) is 5.50. The predicted octanol–water partition coefficient (Wildman–Crippen LogP) is 2.83. The largest absolute Gasteiger partial charge is 0.497 e. The molecule has 0 N–H and O–H groups in total. The first-order valence-corrected chi connectivity index (χ1v) is 9.30. The Morgan fingerprint density at radius 3 is 2.69 bits per heavy atom. The number of carbonyl (C=O) groups is 1. The second-order valence-electron chi connectivity index (χ2n) is 7.31. The average Bonchev–Trinajstić information content (AvgIpc) is 2.99. The zero-order chi connectivity index (χ0) is 17.9. The second kappa shape index (κ2) is 7.46. The SMILES string of the molecule is COc1ccc(CN2C[C@H]3CC[C@@H](C2)N(C(=O)c2ccccn2)C3)cc1. The van der Waals surface area contributed by atoms with Crippen LogP contribution in [0, 0.1) is 5.92 Å². The van der Waals surface area contributed by atoms with Gasteiger partial charge in [-0.2, -0.15) is 0 Å². The minimum atomic E-state index is 0.0756. The fourth-order valence-electron chi connectivity index (χ4n) is 4.18. The van der Waals surface area contributed by atoms with Gasteiger partial charge in [-0.25, -0.2) is 0 Å². The summed E-state index contributed by atoms with van der Waals surface area (Å²) in [6, 6.07) is 14.1. The Balaban J connectivity index is 1.46. The zero-order valence-corrected chi connectivity index (χ0v) is 15.2. The first kappa shape index (κ1) is 17.0. The van der Waals surface area contributed by atoms with Crippen LogP contribution in [0.4, 0.5) is 0 Å². The van der Waals surface area contributed by atoms with Gasteiger partial charge in [-0.3, -0.25) is 14.7 Å². The van der Waals surface area contributed by atoms with E-state index in [4.69, 9.17) is 4.74 Å². The van der Waals surface area contributed by atoms with Gasteiger partial charge in [0.25, 0.3) is 5.91 Å². The van der Waals surface area contributed by atoms with Crippen LogP contribution in [0.15, 0.2) is 48.7 Å². The van der Waals surface area contributed by atoms with Crippen LogP contribution in [0.1, 0.15) is 28.9 Å². The number of methoxy groups -OCH3 is 1. The quantitative estimate of drug-likeness (QED) is 0.850. The number of piperidine rings is 1. The van der Waals surface area contributed by atoms with Crippen molar-refractivity contribution >= 4 is 5.91 Å². The maximum absolute atomic E-state index is 12.9. The Labute approximate surface area is 154 Å². The second-order valence-corrected chi connectivity index (χ2v) is 7.31. The molecule has 3 saturated heterocycles. The van der Waals surface area contributed by atoms with Crippen molar-refractivity contribution in [3.05, 3.63) is 59.9 Å². The third kappa shape index (κ3) is 3.58. The molecule has 2 bridgehead atoms. The standard InChI is InChI=1S/C21H25N3O2/c1-26-19-9-6-16(7-10-19)12-23-13-17-5-8-18(15-23)24(14-17)21(25)20-4-2-3-11-22-20/h2-4,6-7,9-11,17-18H,5,8,12-15H2,1H3/t17-,18+/m1/s1. The van der Waals surface area contributed by atoms with Crippen molar-refractivity contribution in [3.8, 4) is 5.75 Å². The van der Waals surface area contributed by atoms with Gasteiger partial charge in [-0.1, -0.05) is 18.2 Å². The molecule has 26 heavy (non-hydrogen) atoms. The van der Waals surface area contributed by atoms with Crippen LogP contribution < -0.4 is 4.74 Å². The summed E-state index contributed by atoms with van der Waals surface area (Å²) in [7, 11) is 1.69. The van der Waals surface area contributed by atoms with Crippen molar-refractivity contribution in [2.45, 2.75) is 25.4 Å². The Morgan fingerprint density at radius 1 is 1.12 bits per heavy atom. The summed E-state index contributed by atoms with van der Waals surface area (Å²) < 4.78 is 5.24. The summed E-state index contributed by atoms with van der Waals surface area (Å²) in [5.41, 5.74) is 1.84. The molecule has 1 amide bonds. The van der Waals surface area contributed by atoms with Gasteiger partial charge in [-0.05, 0) is 48.6 Å². The van der Waals surface area contributed by atoms with E-state index in [9.17, 15) is 4.79 Å². The Morgan fingerprint density at radius 2 is 1.96 bits per heavy atom. The van der Waals surface area contributed by atoms with Crippen molar-refractivity contribution in [2.24, 2.45) is 5.92 Å². The van der Waals surface area contributed by atoms with Crippen LogP contribution in [0.5, 0.6) is 5.75 Å². The molecule has 4 heterocycles. The van der Waals surface area contributed by atoms with E-state index in [1.54, 1.807) is 13.3 Å². The lowest BCUT2D eigenvalue weighted by molar-refractivity contribution is 0.0579. The lowest BCUT2D eigenvalue weighted by atomic mass is 9.94. The average molecular weight is 351 g/mol. The van der Waals surface area contributed by atoms with Gasteiger partial charge in [-0.15, -0.1) is 0 Å². The number of rotatable bonds is 4. The van der Waals surface area contributed by atoms with E-state index < -0.39 is 0 Å². The molecule has 5 rings (SSSR count). The molecule has 0 radical (unpaired) electrons. The number of fused-ring (bicyclic) bond motifs is 4. The summed E-state index contributed by atoms with van der Waals surface area (Å²) in [6.45, 7) is 3.75. The van der Waals surface area contributed by atoms with Crippen molar-refractivity contribution < 1.29 is 9.53 Å². The molecular formula is C21H25N3O2. The minimum Gasteiger partial charge on any atom is -0.497 e. The van der Waals surface area contributed by atoms with Gasteiger partial charge in [0, 0.05) is 38.4 Å². The molecule has 0 spiro atoms.